The minimum Gasteiger partial charge on any atom is -0.368 e. The van der Waals surface area contributed by atoms with Crippen LogP contribution < -0.4 is 16.0 Å². The fourth-order valence-corrected chi connectivity index (χ4v) is 7.01. The molecule has 5 heterocycles. The monoisotopic (exact) mass is 566 g/mol. The first-order valence-corrected chi connectivity index (χ1v) is 15.3. The zero-order valence-electron chi connectivity index (χ0n) is 24.4. The first-order chi connectivity index (χ1) is 19.9. The molecule has 8 nitrogen and oxygen atoms in total. The molecule has 2 aromatic heterocycles. The topological polar surface area (TPSA) is 75.0 Å². The van der Waals surface area contributed by atoms with E-state index in [-0.39, 0.29) is 5.56 Å². The number of piperidine rings is 2. The maximum absolute atomic E-state index is 13.7. The van der Waals surface area contributed by atoms with E-state index in [1.807, 2.05) is 12.1 Å². The molecular formula is C31H44F2N8. The van der Waals surface area contributed by atoms with Crippen LogP contribution >= 0.6 is 0 Å². The molecular weight excluding hydrogens is 522 g/mol. The first kappa shape index (κ1) is 28.3. The second kappa shape index (κ2) is 12.2. The second-order valence-electron chi connectivity index (χ2n) is 12.3. The highest BCUT2D eigenvalue weighted by Gasteiger charge is 2.36. The summed E-state index contributed by atoms with van der Waals surface area (Å²) in [5.74, 6) is 1.00. The number of halogens is 2. The van der Waals surface area contributed by atoms with E-state index in [0.29, 0.717) is 17.1 Å². The number of fused-ring (bicyclic) bond motifs is 1. The zero-order chi connectivity index (χ0) is 28.4. The van der Waals surface area contributed by atoms with Crippen LogP contribution in [0.1, 0.15) is 73.9 Å². The van der Waals surface area contributed by atoms with E-state index in [4.69, 9.17) is 5.10 Å². The number of aromatic nitrogens is 4. The average molecular weight is 567 g/mol. The Morgan fingerprint density at radius 1 is 1.12 bits per heavy atom. The van der Waals surface area contributed by atoms with E-state index in [1.54, 1.807) is 30.2 Å². The molecule has 10 heteroatoms. The normalized spacial score (nSPS) is 19.9. The van der Waals surface area contributed by atoms with Crippen molar-refractivity contribution in [3.8, 4) is 11.1 Å². The zero-order valence-corrected chi connectivity index (χ0v) is 24.4. The van der Waals surface area contributed by atoms with Gasteiger partial charge in [0.05, 0.1) is 12.2 Å². The number of aryl methyl sites for hydroxylation is 2. The van der Waals surface area contributed by atoms with Crippen molar-refractivity contribution in [3.05, 3.63) is 53.0 Å². The Morgan fingerprint density at radius 2 is 1.93 bits per heavy atom. The van der Waals surface area contributed by atoms with Crippen LogP contribution in [0, 0.1) is 0 Å². The highest BCUT2D eigenvalue weighted by molar-refractivity contribution is 5.67. The van der Waals surface area contributed by atoms with Crippen LogP contribution in [0.5, 0.6) is 0 Å². The summed E-state index contributed by atoms with van der Waals surface area (Å²) in [6.07, 6.45) is 8.40. The van der Waals surface area contributed by atoms with Gasteiger partial charge < -0.3 is 16.0 Å². The third-order valence-electron chi connectivity index (χ3n) is 9.52. The van der Waals surface area contributed by atoms with Gasteiger partial charge in [0, 0.05) is 80.3 Å². The summed E-state index contributed by atoms with van der Waals surface area (Å²) in [5, 5.41) is 20.0. The van der Waals surface area contributed by atoms with Crippen molar-refractivity contribution in [2.24, 2.45) is 7.05 Å². The fraction of sp³-hybridized carbons (Fsp3) is 0.613. The van der Waals surface area contributed by atoms with Crippen molar-refractivity contribution in [3.63, 3.8) is 0 Å². The van der Waals surface area contributed by atoms with Gasteiger partial charge in [0.2, 0.25) is 0 Å². The fourth-order valence-electron chi connectivity index (χ4n) is 7.01. The van der Waals surface area contributed by atoms with Gasteiger partial charge in [-0.3, -0.25) is 14.3 Å². The van der Waals surface area contributed by atoms with Crippen LogP contribution in [0.3, 0.4) is 0 Å². The van der Waals surface area contributed by atoms with E-state index in [9.17, 15) is 8.78 Å². The molecule has 6 rings (SSSR count). The van der Waals surface area contributed by atoms with Gasteiger partial charge in [0.1, 0.15) is 0 Å². The molecule has 0 bridgehead atoms. The smallest absolute Gasteiger partial charge is 0.264 e. The Morgan fingerprint density at radius 3 is 2.66 bits per heavy atom. The van der Waals surface area contributed by atoms with Gasteiger partial charge in [-0.15, -0.1) is 0 Å². The molecule has 0 spiro atoms. The molecule has 3 aromatic rings. The van der Waals surface area contributed by atoms with Gasteiger partial charge >= 0.3 is 0 Å². The van der Waals surface area contributed by atoms with Gasteiger partial charge in [-0.25, -0.2) is 8.78 Å². The maximum Gasteiger partial charge on any atom is 0.264 e. The number of hydrogen-bond acceptors (Lipinski definition) is 6. The molecule has 3 aliphatic heterocycles. The molecule has 41 heavy (non-hydrogen) atoms. The van der Waals surface area contributed by atoms with Crippen LogP contribution in [0.4, 0.5) is 14.6 Å². The van der Waals surface area contributed by atoms with Crippen molar-refractivity contribution >= 4 is 5.82 Å². The number of rotatable bonds is 9. The van der Waals surface area contributed by atoms with Crippen LogP contribution in [0.2, 0.25) is 0 Å². The minimum absolute atomic E-state index is 0.0558. The SMILES string of the molecule is Cn1cc(-c2cc(CCCNc3nn(C4CCN(C5(C)CCNCC5)CC4)c4c3CNCC4)ccc2C(F)F)cn1. The number of nitrogens with one attached hydrogen (secondary N) is 3. The lowest BCUT2D eigenvalue weighted by Crippen LogP contribution is -2.55. The van der Waals surface area contributed by atoms with Gasteiger partial charge in [-0.05, 0) is 69.7 Å². The van der Waals surface area contributed by atoms with Gasteiger partial charge in [-0.1, -0.05) is 18.2 Å². The number of hydrogen-bond donors (Lipinski definition) is 3. The Hall–Kier alpha value is -2.82. The quantitative estimate of drug-likeness (QED) is 0.327. The maximum atomic E-state index is 13.7. The number of likely N-dealkylation sites (tertiary alicyclic amines) is 1. The molecule has 1 aromatic carbocycles. The third-order valence-corrected chi connectivity index (χ3v) is 9.52. The standard InChI is InChI=1S/C31H44F2N8/c1-31(10-14-34-15-11-31)40-16-8-24(9-17-40)41-28-7-13-35-20-27(28)30(38-41)36-12-3-4-22-5-6-25(29(32)33)26(18-22)23-19-37-39(2)21-23/h5-6,18-19,21,24,29,34-35H,3-4,7-17,20H2,1-2H3,(H,36,38). The van der Waals surface area contributed by atoms with Crippen molar-refractivity contribution in [1.29, 1.82) is 0 Å². The Balaban J connectivity index is 1.09. The minimum atomic E-state index is -2.52. The summed E-state index contributed by atoms with van der Waals surface area (Å²) in [4.78, 5) is 2.73. The van der Waals surface area contributed by atoms with E-state index in [1.165, 1.54) is 24.1 Å². The average Bonchev–Trinajstić information content (AvgIpc) is 3.59. The molecule has 2 fully saturated rings. The van der Waals surface area contributed by atoms with E-state index < -0.39 is 6.43 Å². The lowest BCUT2D eigenvalue weighted by atomic mass is 9.86. The summed E-state index contributed by atoms with van der Waals surface area (Å²) in [6.45, 7) is 9.61. The summed E-state index contributed by atoms with van der Waals surface area (Å²) < 4.78 is 31.4. The van der Waals surface area contributed by atoms with Crippen LogP contribution in [0.25, 0.3) is 11.1 Å². The summed E-state index contributed by atoms with van der Waals surface area (Å²) >= 11 is 0. The molecule has 222 valence electrons. The van der Waals surface area contributed by atoms with Crippen molar-refractivity contribution in [1.82, 2.24) is 35.1 Å². The molecule has 3 aliphatic rings. The molecule has 0 atom stereocenters. The number of alkyl halides is 2. The molecule has 3 N–H and O–H groups in total. The lowest BCUT2D eigenvalue weighted by molar-refractivity contribution is 0.0387. The highest BCUT2D eigenvalue weighted by Crippen LogP contribution is 2.35. The van der Waals surface area contributed by atoms with E-state index in [0.717, 1.165) is 94.9 Å². The third kappa shape index (κ3) is 6.05. The Kier molecular flexibility index (Phi) is 8.42. The highest BCUT2D eigenvalue weighted by atomic mass is 19.3. The molecule has 0 amide bonds. The van der Waals surface area contributed by atoms with Crippen LogP contribution in [-0.2, 0) is 26.4 Å². The summed E-state index contributed by atoms with van der Waals surface area (Å²) in [5.41, 5.74) is 5.43. The summed E-state index contributed by atoms with van der Waals surface area (Å²) in [7, 11) is 1.80. The van der Waals surface area contributed by atoms with Gasteiger partial charge in [0.25, 0.3) is 6.43 Å². The van der Waals surface area contributed by atoms with Crippen molar-refractivity contribution in [2.75, 3.05) is 44.6 Å². The molecule has 0 aliphatic carbocycles. The van der Waals surface area contributed by atoms with Crippen LogP contribution in [-0.4, -0.2) is 69.3 Å². The van der Waals surface area contributed by atoms with Crippen LogP contribution in [0.15, 0.2) is 30.6 Å². The molecule has 0 saturated carbocycles. The molecule has 2 saturated heterocycles. The Labute approximate surface area is 241 Å². The van der Waals surface area contributed by atoms with Crippen molar-refractivity contribution < 1.29 is 8.78 Å². The number of nitrogens with zero attached hydrogens (tertiary/aromatic N) is 5. The predicted molar refractivity (Wildman–Crippen MR) is 158 cm³/mol. The second-order valence-corrected chi connectivity index (χ2v) is 12.3. The van der Waals surface area contributed by atoms with E-state index in [2.05, 4.69) is 37.6 Å². The lowest BCUT2D eigenvalue weighted by Gasteiger charge is -2.47. The molecule has 0 radical (unpaired) electrons. The van der Waals surface area contributed by atoms with Gasteiger partial charge in [-0.2, -0.15) is 10.2 Å². The van der Waals surface area contributed by atoms with E-state index >= 15 is 0 Å². The Bertz CT molecular complexity index is 1320. The van der Waals surface area contributed by atoms with Crippen molar-refractivity contribution in [2.45, 2.75) is 76.4 Å². The summed E-state index contributed by atoms with van der Waals surface area (Å²) in [6, 6.07) is 5.75. The predicted octanol–water partition coefficient (Wildman–Crippen LogP) is 4.69. The number of benzene rings is 1. The van der Waals surface area contributed by atoms with Gasteiger partial charge in [0.15, 0.2) is 5.82 Å². The molecule has 0 unspecified atom stereocenters. The largest absolute Gasteiger partial charge is 0.368 e. The number of anilines is 1. The first-order valence-electron chi connectivity index (χ1n) is 15.3.